The van der Waals surface area contributed by atoms with Gasteiger partial charge in [0.25, 0.3) is 23.6 Å². The highest BCUT2D eigenvalue weighted by Gasteiger charge is 2.44. The van der Waals surface area contributed by atoms with Gasteiger partial charge in [-0.25, -0.2) is 9.59 Å². The number of aryl methyl sites for hydroxylation is 4. The fourth-order valence-electron chi connectivity index (χ4n) is 5.15. The van der Waals surface area contributed by atoms with Gasteiger partial charge in [0.15, 0.2) is 13.2 Å². The van der Waals surface area contributed by atoms with Crippen LogP contribution in [0.1, 0.15) is 73.6 Å². The van der Waals surface area contributed by atoms with Crippen LogP contribution < -0.4 is 10.6 Å². The Kier molecular flexibility index (Phi) is 10.4. The van der Waals surface area contributed by atoms with Crippen molar-refractivity contribution in [2.75, 3.05) is 23.8 Å². The number of rotatable bonds is 11. The summed E-state index contributed by atoms with van der Waals surface area (Å²) in [6, 6.07) is 13.5. The van der Waals surface area contributed by atoms with Crippen LogP contribution in [0, 0.1) is 33.6 Å². The minimum absolute atomic E-state index is 0.00304. The van der Waals surface area contributed by atoms with Gasteiger partial charge in [-0.15, -0.1) is 0 Å². The third-order valence-corrected chi connectivity index (χ3v) is 7.42. The summed E-state index contributed by atoms with van der Waals surface area (Å²) in [5.74, 6) is -4.53. The minimum Gasteiger partial charge on any atom is -0.454 e. The maximum absolute atomic E-state index is 13.5. The fourth-order valence-corrected chi connectivity index (χ4v) is 5.15. The number of carbonyl (C=O) groups excluding carboxylic acids is 6. The van der Waals surface area contributed by atoms with Gasteiger partial charge in [-0.1, -0.05) is 49.2 Å². The lowest BCUT2D eigenvalue weighted by Crippen LogP contribution is -2.46. The molecule has 0 aliphatic carbocycles. The molecule has 4 rings (SSSR count). The molecule has 0 spiro atoms. The Labute approximate surface area is 267 Å². The number of amides is 4. The van der Waals surface area contributed by atoms with Gasteiger partial charge in [-0.05, 0) is 81.5 Å². The molecule has 0 radical (unpaired) electrons. The van der Waals surface area contributed by atoms with E-state index in [0.29, 0.717) is 11.4 Å². The van der Waals surface area contributed by atoms with Crippen LogP contribution in [0.25, 0.3) is 0 Å². The summed E-state index contributed by atoms with van der Waals surface area (Å²) in [6.45, 7) is 9.99. The molecule has 0 fully saturated rings. The number of benzene rings is 3. The van der Waals surface area contributed by atoms with Gasteiger partial charge in [0.05, 0.1) is 16.7 Å². The summed E-state index contributed by atoms with van der Waals surface area (Å²) < 4.78 is 10.4. The van der Waals surface area contributed by atoms with Gasteiger partial charge in [-0.3, -0.25) is 24.1 Å². The monoisotopic (exact) mass is 627 g/mol. The van der Waals surface area contributed by atoms with Crippen LogP contribution in [-0.4, -0.2) is 59.7 Å². The second-order valence-electron chi connectivity index (χ2n) is 11.8. The number of nitrogens with one attached hydrogen (secondary N) is 2. The average Bonchev–Trinajstić information content (AvgIpc) is 3.24. The molecular weight excluding hydrogens is 590 g/mol. The van der Waals surface area contributed by atoms with E-state index < -0.39 is 54.8 Å². The SMILES string of the molecule is Cc1ccc(NC(=O)COC(=O)c2ccc3c(c2)C(=O)N(C(CC(C)C)C(=O)OCC(=O)Nc2ccc(C)cc2C)C3=O)c(C)c1. The number of carbonyl (C=O) groups is 6. The quantitative estimate of drug-likeness (QED) is 0.225. The number of anilines is 2. The second-order valence-corrected chi connectivity index (χ2v) is 11.8. The lowest BCUT2D eigenvalue weighted by molar-refractivity contribution is -0.151. The predicted octanol–water partition coefficient (Wildman–Crippen LogP) is 4.91. The van der Waals surface area contributed by atoms with E-state index >= 15 is 0 Å². The lowest BCUT2D eigenvalue weighted by Gasteiger charge is -2.25. The summed E-state index contributed by atoms with van der Waals surface area (Å²) in [4.78, 5) is 78.5. The summed E-state index contributed by atoms with van der Waals surface area (Å²) in [6.07, 6.45) is 0.0907. The smallest absolute Gasteiger partial charge is 0.338 e. The molecule has 0 aromatic heterocycles. The molecule has 1 heterocycles. The van der Waals surface area contributed by atoms with Crippen LogP contribution >= 0.6 is 0 Å². The Bertz CT molecular complexity index is 1730. The zero-order valence-electron chi connectivity index (χ0n) is 26.7. The van der Waals surface area contributed by atoms with E-state index in [4.69, 9.17) is 9.47 Å². The van der Waals surface area contributed by atoms with Crippen molar-refractivity contribution < 1.29 is 38.2 Å². The van der Waals surface area contributed by atoms with Crippen molar-refractivity contribution in [3.05, 3.63) is 93.5 Å². The third-order valence-electron chi connectivity index (χ3n) is 7.42. The van der Waals surface area contributed by atoms with Crippen LogP contribution in [0.4, 0.5) is 11.4 Å². The van der Waals surface area contributed by atoms with E-state index in [1.165, 1.54) is 18.2 Å². The molecule has 1 aliphatic rings. The van der Waals surface area contributed by atoms with Crippen molar-refractivity contribution in [1.82, 2.24) is 4.90 Å². The maximum Gasteiger partial charge on any atom is 0.338 e. The first-order chi connectivity index (χ1) is 21.7. The first-order valence-electron chi connectivity index (χ1n) is 14.8. The summed E-state index contributed by atoms with van der Waals surface area (Å²) >= 11 is 0. The molecule has 1 aliphatic heterocycles. The van der Waals surface area contributed by atoms with Crippen molar-refractivity contribution in [2.24, 2.45) is 5.92 Å². The van der Waals surface area contributed by atoms with Crippen LogP contribution in [-0.2, 0) is 23.9 Å². The molecule has 1 atom stereocenters. The Morgan fingerprint density at radius 2 is 1.22 bits per heavy atom. The molecule has 1 unspecified atom stereocenters. The van der Waals surface area contributed by atoms with Crippen LogP contribution in [0.2, 0.25) is 0 Å². The molecule has 0 saturated carbocycles. The highest BCUT2D eigenvalue weighted by Crippen LogP contribution is 2.29. The van der Waals surface area contributed by atoms with Gasteiger partial charge < -0.3 is 20.1 Å². The molecule has 2 N–H and O–H groups in total. The van der Waals surface area contributed by atoms with Gasteiger partial charge in [0.1, 0.15) is 6.04 Å². The Morgan fingerprint density at radius 3 is 1.74 bits per heavy atom. The number of nitrogens with zero attached hydrogens (tertiary/aromatic N) is 1. The third kappa shape index (κ3) is 7.84. The van der Waals surface area contributed by atoms with Crippen molar-refractivity contribution >= 4 is 46.9 Å². The van der Waals surface area contributed by atoms with Gasteiger partial charge in [-0.2, -0.15) is 0 Å². The topological polar surface area (TPSA) is 148 Å². The molecule has 4 amide bonds. The van der Waals surface area contributed by atoms with E-state index in [1.54, 1.807) is 12.1 Å². The summed E-state index contributed by atoms with van der Waals surface area (Å²) in [5, 5.41) is 5.38. The molecule has 0 saturated heterocycles. The van der Waals surface area contributed by atoms with E-state index in [-0.39, 0.29) is 29.0 Å². The summed E-state index contributed by atoms with van der Waals surface area (Å²) in [7, 11) is 0. The minimum atomic E-state index is -1.30. The molecule has 11 nitrogen and oxygen atoms in total. The average molecular weight is 628 g/mol. The Hall–Kier alpha value is -5.32. The number of imide groups is 1. The van der Waals surface area contributed by atoms with Crippen molar-refractivity contribution in [2.45, 2.75) is 54.0 Å². The molecular formula is C35H37N3O8. The highest BCUT2D eigenvalue weighted by atomic mass is 16.5. The van der Waals surface area contributed by atoms with E-state index in [2.05, 4.69) is 10.6 Å². The predicted molar refractivity (Wildman–Crippen MR) is 171 cm³/mol. The number of fused-ring (bicyclic) bond motifs is 1. The lowest BCUT2D eigenvalue weighted by atomic mass is 10.0. The van der Waals surface area contributed by atoms with E-state index in [0.717, 1.165) is 27.2 Å². The van der Waals surface area contributed by atoms with Gasteiger partial charge in [0, 0.05) is 11.4 Å². The fraction of sp³-hybridized carbons (Fsp3) is 0.314. The first-order valence-corrected chi connectivity index (χ1v) is 14.8. The maximum atomic E-state index is 13.5. The van der Waals surface area contributed by atoms with E-state index in [1.807, 2.05) is 65.8 Å². The van der Waals surface area contributed by atoms with Crippen molar-refractivity contribution in [1.29, 1.82) is 0 Å². The standard InChI is InChI=1S/C35H37N3O8/c1-19(2)13-29(35(44)46-18-31(40)37-28-12-8-21(4)15-23(28)6)38-32(41)25-10-9-24(16-26(25)33(38)42)34(43)45-17-30(39)36-27-11-7-20(3)14-22(27)5/h7-12,14-16,19,29H,13,17-18H2,1-6H3,(H,36,39)(H,37,40). The number of esters is 2. The van der Waals surface area contributed by atoms with Crippen LogP contribution in [0.15, 0.2) is 54.6 Å². The molecule has 240 valence electrons. The van der Waals surface area contributed by atoms with Crippen molar-refractivity contribution in [3.8, 4) is 0 Å². The van der Waals surface area contributed by atoms with Crippen LogP contribution in [0.5, 0.6) is 0 Å². The molecule has 3 aromatic carbocycles. The number of ether oxygens (including phenoxy) is 2. The zero-order valence-corrected chi connectivity index (χ0v) is 26.7. The largest absolute Gasteiger partial charge is 0.454 e. The van der Waals surface area contributed by atoms with Crippen molar-refractivity contribution in [3.63, 3.8) is 0 Å². The Balaban J connectivity index is 1.41. The number of hydrogen-bond acceptors (Lipinski definition) is 8. The van der Waals surface area contributed by atoms with Gasteiger partial charge >= 0.3 is 11.9 Å². The Morgan fingerprint density at radius 1 is 0.696 bits per heavy atom. The summed E-state index contributed by atoms with van der Waals surface area (Å²) in [5.41, 5.74) is 4.78. The van der Waals surface area contributed by atoms with Gasteiger partial charge in [0.2, 0.25) is 0 Å². The van der Waals surface area contributed by atoms with Crippen LogP contribution in [0.3, 0.4) is 0 Å². The molecule has 11 heteroatoms. The molecule has 0 bridgehead atoms. The number of hydrogen-bond donors (Lipinski definition) is 2. The molecule has 46 heavy (non-hydrogen) atoms. The second kappa shape index (κ2) is 14.2. The molecule has 3 aromatic rings. The zero-order chi connectivity index (χ0) is 33.7. The van der Waals surface area contributed by atoms with E-state index in [9.17, 15) is 28.8 Å². The highest BCUT2D eigenvalue weighted by molar-refractivity contribution is 6.23. The normalized spacial score (nSPS) is 12.9. The first kappa shape index (κ1) is 33.6.